The van der Waals surface area contributed by atoms with Gasteiger partial charge in [0.15, 0.2) is 0 Å². The van der Waals surface area contributed by atoms with Gasteiger partial charge >= 0.3 is 0 Å². The first-order valence-electron chi connectivity index (χ1n) is 9.70. The Bertz CT molecular complexity index is 611. The molecule has 0 spiro atoms. The van der Waals surface area contributed by atoms with Crippen LogP contribution in [0.4, 0.5) is 5.69 Å². The molecule has 26 heavy (non-hydrogen) atoms. The summed E-state index contributed by atoms with van der Waals surface area (Å²) in [4.78, 5) is 27.3. The van der Waals surface area contributed by atoms with E-state index in [0.717, 1.165) is 30.9 Å². The summed E-state index contributed by atoms with van der Waals surface area (Å²) in [6.07, 6.45) is 3.12. The van der Waals surface area contributed by atoms with Gasteiger partial charge in [-0.15, -0.1) is 0 Å². The average Bonchev–Trinajstić information content (AvgIpc) is 3.17. The Morgan fingerprint density at radius 3 is 2.42 bits per heavy atom. The predicted octanol–water partition coefficient (Wildman–Crippen LogP) is 1.37. The lowest BCUT2D eigenvalue weighted by Crippen LogP contribution is -2.48. The third-order valence-corrected chi connectivity index (χ3v) is 5.34. The molecule has 0 bridgehead atoms. The highest BCUT2D eigenvalue weighted by molar-refractivity contribution is 5.93. The molecule has 0 aliphatic carbocycles. The molecule has 0 unspecified atom stereocenters. The van der Waals surface area contributed by atoms with Crippen LogP contribution < -0.4 is 16.0 Å². The Kier molecular flexibility index (Phi) is 6.63. The number of carbonyl (C=O) groups excluding carboxylic acids is 2. The van der Waals surface area contributed by atoms with Crippen LogP contribution in [-0.2, 0) is 9.59 Å². The van der Waals surface area contributed by atoms with Crippen LogP contribution in [-0.4, -0.2) is 56.0 Å². The highest BCUT2D eigenvalue weighted by Gasteiger charge is 2.31. The van der Waals surface area contributed by atoms with Gasteiger partial charge in [0.1, 0.15) is 0 Å². The Balaban J connectivity index is 1.44. The average molecular weight is 358 g/mol. The second-order valence-electron chi connectivity index (χ2n) is 7.48. The molecule has 2 heterocycles. The van der Waals surface area contributed by atoms with Gasteiger partial charge in [-0.25, -0.2) is 0 Å². The van der Waals surface area contributed by atoms with Crippen LogP contribution in [0.5, 0.6) is 0 Å². The number of rotatable bonds is 6. The summed E-state index contributed by atoms with van der Waals surface area (Å²) in [5.41, 5.74) is 1.96. The van der Waals surface area contributed by atoms with Crippen LogP contribution in [0, 0.1) is 18.8 Å². The molecule has 3 N–H and O–H groups in total. The number of aryl methyl sites for hydroxylation is 1. The minimum absolute atomic E-state index is 0.0177. The molecule has 6 nitrogen and oxygen atoms in total. The Labute approximate surface area is 155 Å². The monoisotopic (exact) mass is 358 g/mol. The van der Waals surface area contributed by atoms with Gasteiger partial charge in [-0.3, -0.25) is 9.59 Å². The summed E-state index contributed by atoms with van der Waals surface area (Å²) in [6, 6.07) is 7.77. The molecule has 2 saturated heterocycles. The van der Waals surface area contributed by atoms with Crippen molar-refractivity contribution in [1.29, 1.82) is 0 Å². The van der Waals surface area contributed by atoms with Gasteiger partial charge in [0.2, 0.25) is 11.8 Å². The summed E-state index contributed by atoms with van der Waals surface area (Å²) in [6.45, 7) is 7.17. The van der Waals surface area contributed by atoms with E-state index in [4.69, 9.17) is 0 Å². The first-order chi connectivity index (χ1) is 12.6. The molecule has 1 aromatic rings. The zero-order valence-electron chi connectivity index (χ0n) is 15.6. The third-order valence-electron chi connectivity index (χ3n) is 5.34. The number of nitrogens with zero attached hydrogens (tertiary/aromatic N) is 1. The van der Waals surface area contributed by atoms with E-state index in [1.807, 2.05) is 31.2 Å². The SMILES string of the molecule is Cc1ccc(NC(=O)[C@@H]2CNC[C@H](C(=O)NCCN3CCCC3)C2)cc1. The molecular weight excluding hydrogens is 328 g/mol. The highest BCUT2D eigenvalue weighted by Crippen LogP contribution is 2.19. The Hall–Kier alpha value is -1.92. The van der Waals surface area contributed by atoms with Crippen LogP contribution in [0.25, 0.3) is 0 Å². The third kappa shape index (κ3) is 5.29. The smallest absolute Gasteiger partial charge is 0.228 e. The quantitative estimate of drug-likeness (QED) is 0.718. The van der Waals surface area contributed by atoms with Crippen LogP contribution in [0.1, 0.15) is 24.8 Å². The van der Waals surface area contributed by atoms with Crippen molar-refractivity contribution in [3.05, 3.63) is 29.8 Å². The number of benzene rings is 1. The Morgan fingerprint density at radius 1 is 1.08 bits per heavy atom. The fraction of sp³-hybridized carbons (Fsp3) is 0.600. The highest BCUT2D eigenvalue weighted by atomic mass is 16.2. The van der Waals surface area contributed by atoms with Crippen molar-refractivity contribution < 1.29 is 9.59 Å². The molecule has 0 saturated carbocycles. The van der Waals surface area contributed by atoms with Gasteiger partial charge in [0.05, 0.1) is 11.8 Å². The van der Waals surface area contributed by atoms with Gasteiger partial charge in [-0.1, -0.05) is 17.7 Å². The zero-order chi connectivity index (χ0) is 18.4. The summed E-state index contributed by atoms with van der Waals surface area (Å²) < 4.78 is 0. The lowest BCUT2D eigenvalue weighted by molar-refractivity contribution is -0.127. The minimum Gasteiger partial charge on any atom is -0.355 e. The number of carbonyl (C=O) groups is 2. The molecule has 0 radical (unpaired) electrons. The van der Waals surface area contributed by atoms with Gasteiger partial charge in [-0.2, -0.15) is 0 Å². The maximum Gasteiger partial charge on any atom is 0.228 e. The van der Waals surface area contributed by atoms with E-state index in [9.17, 15) is 9.59 Å². The van der Waals surface area contributed by atoms with Crippen molar-refractivity contribution in [2.75, 3.05) is 44.6 Å². The van der Waals surface area contributed by atoms with Gasteiger partial charge in [0.25, 0.3) is 0 Å². The van der Waals surface area contributed by atoms with Crippen molar-refractivity contribution in [2.24, 2.45) is 11.8 Å². The van der Waals surface area contributed by atoms with Crippen molar-refractivity contribution in [1.82, 2.24) is 15.5 Å². The number of amides is 2. The van der Waals surface area contributed by atoms with Crippen molar-refractivity contribution in [3.8, 4) is 0 Å². The first kappa shape index (κ1) is 18.9. The van der Waals surface area contributed by atoms with Gasteiger partial charge in [-0.05, 0) is 51.4 Å². The lowest BCUT2D eigenvalue weighted by atomic mass is 9.89. The normalized spacial score (nSPS) is 23.6. The number of piperidine rings is 1. The number of nitrogens with one attached hydrogen (secondary N) is 3. The van der Waals surface area contributed by atoms with E-state index >= 15 is 0 Å². The number of anilines is 1. The molecule has 1 aromatic carbocycles. The van der Waals surface area contributed by atoms with Crippen LogP contribution in [0.3, 0.4) is 0 Å². The van der Waals surface area contributed by atoms with Gasteiger partial charge < -0.3 is 20.9 Å². The number of hydrogen-bond donors (Lipinski definition) is 3. The van der Waals surface area contributed by atoms with E-state index < -0.39 is 0 Å². The van der Waals surface area contributed by atoms with E-state index in [1.165, 1.54) is 12.8 Å². The molecule has 2 fully saturated rings. The summed E-state index contributed by atoms with van der Waals surface area (Å²) >= 11 is 0. The van der Waals surface area contributed by atoms with Crippen molar-refractivity contribution in [2.45, 2.75) is 26.2 Å². The lowest BCUT2D eigenvalue weighted by Gasteiger charge is -2.28. The number of hydrogen-bond acceptors (Lipinski definition) is 4. The van der Waals surface area contributed by atoms with E-state index in [1.54, 1.807) is 0 Å². The number of likely N-dealkylation sites (tertiary alicyclic amines) is 1. The fourth-order valence-corrected chi connectivity index (χ4v) is 3.71. The molecule has 142 valence electrons. The second kappa shape index (κ2) is 9.14. The maximum absolute atomic E-state index is 12.5. The van der Waals surface area contributed by atoms with Crippen LogP contribution in [0.2, 0.25) is 0 Å². The molecule has 2 amide bonds. The summed E-state index contributed by atoms with van der Waals surface area (Å²) in [5, 5.41) is 9.24. The molecule has 3 rings (SSSR count). The van der Waals surface area contributed by atoms with E-state index in [-0.39, 0.29) is 23.7 Å². The largest absolute Gasteiger partial charge is 0.355 e. The summed E-state index contributed by atoms with van der Waals surface area (Å²) in [5.74, 6) is -0.282. The molecule has 0 aromatic heterocycles. The van der Waals surface area contributed by atoms with Crippen molar-refractivity contribution >= 4 is 17.5 Å². The fourth-order valence-electron chi connectivity index (χ4n) is 3.71. The maximum atomic E-state index is 12.5. The zero-order valence-corrected chi connectivity index (χ0v) is 15.6. The van der Waals surface area contributed by atoms with Gasteiger partial charge in [0, 0.05) is 31.9 Å². The second-order valence-corrected chi connectivity index (χ2v) is 7.48. The van der Waals surface area contributed by atoms with E-state index in [2.05, 4.69) is 20.9 Å². The van der Waals surface area contributed by atoms with E-state index in [0.29, 0.717) is 26.1 Å². The van der Waals surface area contributed by atoms with Crippen LogP contribution >= 0.6 is 0 Å². The molecule has 6 heteroatoms. The van der Waals surface area contributed by atoms with Crippen LogP contribution in [0.15, 0.2) is 24.3 Å². The predicted molar refractivity (Wildman–Crippen MR) is 103 cm³/mol. The van der Waals surface area contributed by atoms with Crippen molar-refractivity contribution in [3.63, 3.8) is 0 Å². The topological polar surface area (TPSA) is 73.5 Å². The summed E-state index contributed by atoms with van der Waals surface area (Å²) in [7, 11) is 0. The Morgan fingerprint density at radius 2 is 1.73 bits per heavy atom. The molecule has 2 aliphatic heterocycles. The standard InChI is InChI=1S/C20H30N4O2/c1-15-4-6-18(7-5-15)23-20(26)17-12-16(13-21-14-17)19(25)22-8-11-24-9-2-3-10-24/h4-7,16-17,21H,2-3,8-14H2,1H3,(H,22,25)(H,23,26)/t16-,17+/m1/s1. The molecule has 2 aliphatic rings. The first-order valence-corrected chi connectivity index (χ1v) is 9.70. The molecule has 2 atom stereocenters. The minimum atomic E-state index is -0.181. The molecular formula is C20H30N4O2.